The number of aliphatic imine (C=N–C) groups is 1. The van der Waals surface area contributed by atoms with Gasteiger partial charge in [-0.05, 0) is 24.5 Å². The molecule has 1 atom stereocenters. The quantitative estimate of drug-likeness (QED) is 0.415. The molecule has 0 saturated carbocycles. The predicted molar refractivity (Wildman–Crippen MR) is 92.8 cm³/mol. The van der Waals surface area contributed by atoms with Gasteiger partial charge in [-0.1, -0.05) is 50.4 Å². The lowest BCUT2D eigenvalue weighted by atomic mass is 10.1. The topological polar surface area (TPSA) is 69.3 Å². The number of nitriles is 1. The molecule has 1 unspecified atom stereocenters. The molecule has 0 saturated heterocycles. The summed E-state index contributed by atoms with van der Waals surface area (Å²) in [5.41, 5.74) is 1.01. The Balaban J connectivity index is 1.84. The van der Waals surface area contributed by atoms with E-state index in [4.69, 9.17) is 0 Å². The molecule has 0 bridgehead atoms. The number of carbonyl (C=O) groups excluding carboxylic acids is 1. The van der Waals surface area contributed by atoms with Crippen LogP contribution in [0.2, 0.25) is 0 Å². The summed E-state index contributed by atoms with van der Waals surface area (Å²) in [7, 11) is 0. The average Bonchev–Trinajstić information content (AvgIpc) is 2.92. The predicted octanol–water partition coefficient (Wildman–Crippen LogP) is 3.38. The standard InChI is InChI=1S/C17H22N4OS/c1-2-3-4-5-6-10-21(13-18)17-20-16(22)15(23-17)11-14-8-7-9-19-12-14/h7-9,12,15H,2-6,10-11H2,1H3. The largest absolute Gasteiger partial charge is 0.271 e. The number of aromatic nitrogens is 1. The normalized spacial score (nSPS) is 17.0. The molecule has 23 heavy (non-hydrogen) atoms. The number of nitrogens with zero attached hydrogens (tertiary/aromatic N) is 4. The van der Waals surface area contributed by atoms with Crippen LogP contribution in [0.3, 0.4) is 0 Å². The van der Waals surface area contributed by atoms with Gasteiger partial charge in [-0.25, -0.2) is 0 Å². The van der Waals surface area contributed by atoms with E-state index in [1.807, 2.05) is 12.1 Å². The lowest BCUT2D eigenvalue weighted by Crippen LogP contribution is -2.24. The molecule has 2 heterocycles. The Morgan fingerprint density at radius 1 is 1.35 bits per heavy atom. The molecule has 1 aliphatic rings. The van der Waals surface area contributed by atoms with Crippen molar-refractivity contribution in [2.45, 2.75) is 50.7 Å². The lowest BCUT2D eigenvalue weighted by molar-refractivity contribution is -0.117. The second-order valence-corrected chi connectivity index (χ2v) is 6.74. The summed E-state index contributed by atoms with van der Waals surface area (Å²) in [6.45, 7) is 2.82. The maximum atomic E-state index is 12.1. The Bertz CT molecular complexity index is 582. The smallest absolute Gasteiger partial charge is 0.262 e. The molecule has 0 fully saturated rings. The molecule has 122 valence electrons. The first kappa shape index (κ1) is 17.5. The Morgan fingerprint density at radius 3 is 2.87 bits per heavy atom. The summed E-state index contributed by atoms with van der Waals surface area (Å²) in [4.78, 5) is 21.8. The van der Waals surface area contributed by atoms with Crippen LogP contribution in [0.1, 0.15) is 44.6 Å². The van der Waals surface area contributed by atoms with Crippen molar-refractivity contribution in [2.75, 3.05) is 6.54 Å². The van der Waals surface area contributed by atoms with Crippen LogP contribution in [0.25, 0.3) is 0 Å². The van der Waals surface area contributed by atoms with Crippen LogP contribution in [0.5, 0.6) is 0 Å². The molecule has 1 aromatic rings. The zero-order chi connectivity index (χ0) is 16.5. The van der Waals surface area contributed by atoms with E-state index in [1.165, 1.54) is 31.0 Å². The number of hydrogen-bond donors (Lipinski definition) is 0. The van der Waals surface area contributed by atoms with Gasteiger partial charge in [0.25, 0.3) is 5.91 Å². The zero-order valence-corrected chi connectivity index (χ0v) is 14.3. The molecular weight excluding hydrogens is 308 g/mol. The number of rotatable bonds is 8. The summed E-state index contributed by atoms with van der Waals surface area (Å²) in [5, 5.41) is 9.61. The van der Waals surface area contributed by atoms with Crippen molar-refractivity contribution in [3.63, 3.8) is 0 Å². The van der Waals surface area contributed by atoms with Crippen LogP contribution in [-0.2, 0) is 11.2 Å². The highest BCUT2D eigenvalue weighted by Gasteiger charge is 2.31. The fourth-order valence-electron chi connectivity index (χ4n) is 2.42. The monoisotopic (exact) mass is 330 g/mol. The van der Waals surface area contributed by atoms with Crippen molar-refractivity contribution in [2.24, 2.45) is 4.99 Å². The SMILES string of the molecule is CCCCCCCN(C#N)C1=NC(=O)C(Cc2cccnc2)S1. The van der Waals surface area contributed by atoms with Crippen molar-refractivity contribution in [1.29, 1.82) is 5.26 Å². The van der Waals surface area contributed by atoms with Crippen molar-refractivity contribution < 1.29 is 4.79 Å². The van der Waals surface area contributed by atoms with Gasteiger partial charge in [0.05, 0.1) is 5.25 Å². The lowest BCUT2D eigenvalue weighted by Gasteiger charge is -2.14. The molecular formula is C17H22N4OS. The van der Waals surface area contributed by atoms with Gasteiger partial charge in [0.15, 0.2) is 11.4 Å². The fourth-order valence-corrected chi connectivity index (χ4v) is 3.50. The number of amidine groups is 1. The summed E-state index contributed by atoms with van der Waals surface area (Å²) in [6, 6.07) is 3.81. The van der Waals surface area contributed by atoms with Crippen LogP contribution in [0.4, 0.5) is 0 Å². The van der Waals surface area contributed by atoms with E-state index in [-0.39, 0.29) is 11.2 Å². The van der Waals surface area contributed by atoms with E-state index in [2.05, 4.69) is 23.1 Å². The van der Waals surface area contributed by atoms with Crippen molar-refractivity contribution in [3.05, 3.63) is 30.1 Å². The Hall–Kier alpha value is -1.87. The number of hydrogen-bond acceptors (Lipinski definition) is 5. The van der Waals surface area contributed by atoms with Gasteiger partial charge in [-0.2, -0.15) is 10.3 Å². The third kappa shape index (κ3) is 5.36. The molecule has 2 rings (SSSR count). The molecule has 5 nitrogen and oxygen atoms in total. The molecule has 6 heteroatoms. The van der Waals surface area contributed by atoms with Crippen LogP contribution in [0.15, 0.2) is 29.5 Å². The second kappa shape index (κ2) is 9.31. The first-order valence-corrected chi connectivity index (χ1v) is 8.98. The maximum absolute atomic E-state index is 12.1. The van der Waals surface area contributed by atoms with E-state index in [9.17, 15) is 10.1 Å². The summed E-state index contributed by atoms with van der Waals surface area (Å²) in [5.74, 6) is -0.153. The highest BCUT2D eigenvalue weighted by Crippen LogP contribution is 2.27. The summed E-state index contributed by atoms with van der Waals surface area (Å²) < 4.78 is 0. The van der Waals surface area contributed by atoms with Crippen LogP contribution in [-0.4, -0.2) is 32.8 Å². The fraction of sp³-hybridized carbons (Fsp3) is 0.529. The molecule has 0 spiro atoms. The van der Waals surface area contributed by atoms with Crippen molar-refractivity contribution in [1.82, 2.24) is 9.88 Å². The van der Waals surface area contributed by atoms with E-state index < -0.39 is 0 Å². The molecule has 0 N–H and O–H groups in total. The molecule has 1 aromatic heterocycles. The Labute approximate surface area is 141 Å². The number of amides is 1. The molecule has 1 amide bonds. The first-order valence-electron chi connectivity index (χ1n) is 8.10. The molecule has 0 aromatic carbocycles. The van der Waals surface area contributed by atoms with Crippen LogP contribution < -0.4 is 0 Å². The first-order chi connectivity index (χ1) is 11.2. The van der Waals surface area contributed by atoms with E-state index in [0.29, 0.717) is 18.1 Å². The Morgan fingerprint density at radius 2 is 2.17 bits per heavy atom. The highest BCUT2D eigenvalue weighted by atomic mass is 32.2. The van der Waals surface area contributed by atoms with E-state index in [0.717, 1.165) is 18.4 Å². The number of carbonyl (C=O) groups is 1. The number of pyridine rings is 1. The van der Waals surface area contributed by atoms with Crippen LogP contribution >= 0.6 is 11.8 Å². The molecule has 0 aliphatic carbocycles. The highest BCUT2D eigenvalue weighted by molar-refractivity contribution is 8.15. The van der Waals surface area contributed by atoms with E-state index >= 15 is 0 Å². The van der Waals surface area contributed by atoms with Gasteiger partial charge in [-0.3, -0.25) is 14.7 Å². The van der Waals surface area contributed by atoms with Gasteiger partial charge in [0.1, 0.15) is 0 Å². The van der Waals surface area contributed by atoms with Crippen molar-refractivity contribution >= 4 is 22.8 Å². The van der Waals surface area contributed by atoms with Crippen LogP contribution in [0, 0.1) is 11.5 Å². The number of thioether (sulfide) groups is 1. The second-order valence-electron chi connectivity index (χ2n) is 5.57. The van der Waals surface area contributed by atoms with Crippen molar-refractivity contribution in [3.8, 4) is 6.19 Å². The third-order valence-electron chi connectivity index (χ3n) is 3.71. The van der Waals surface area contributed by atoms with Gasteiger partial charge < -0.3 is 0 Å². The summed E-state index contributed by atoms with van der Waals surface area (Å²) >= 11 is 1.39. The maximum Gasteiger partial charge on any atom is 0.262 e. The minimum atomic E-state index is -0.245. The zero-order valence-electron chi connectivity index (χ0n) is 13.4. The van der Waals surface area contributed by atoms with Gasteiger partial charge in [0, 0.05) is 18.9 Å². The molecule has 1 aliphatic heterocycles. The van der Waals surface area contributed by atoms with Gasteiger partial charge >= 0.3 is 0 Å². The van der Waals surface area contributed by atoms with E-state index in [1.54, 1.807) is 17.3 Å². The number of unbranched alkanes of at least 4 members (excludes halogenated alkanes) is 4. The van der Waals surface area contributed by atoms with Gasteiger partial charge in [-0.15, -0.1) is 0 Å². The third-order valence-corrected chi connectivity index (χ3v) is 4.89. The average molecular weight is 330 g/mol. The summed E-state index contributed by atoms with van der Waals surface area (Å²) in [6.07, 6.45) is 11.9. The minimum absolute atomic E-state index is 0.153. The molecule has 0 radical (unpaired) electrons. The Kier molecular flexibility index (Phi) is 7.08. The minimum Gasteiger partial charge on any atom is -0.271 e. The van der Waals surface area contributed by atoms with Gasteiger partial charge in [0.2, 0.25) is 0 Å².